The maximum atomic E-state index is 12.2. The van der Waals surface area contributed by atoms with Gasteiger partial charge in [-0.25, -0.2) is 0 Å². The molecule has 126 valence electrons. The zero-order valence-corrected chi connectivity index (χ0v) is 14.1. The van der Waals surface area contributed by atoms with E-state index in [0.29, 0.717) is 0 Å². The Labute approximate surface area is 137 Å². The molecule has 2 heterocycles. The molecule has 1 aromatic heterocycles. The van der Waals surface area contributed by atoms with E-state index >= 15 is 0 Å². The fourth-order valence-electron chi connectivity index (χ4n) is 5.10. The van der Waals surface area contributed by atoms with Crippen molar-refractivity contribution in [2.24, 2.45) is 5.41 Å². The first kappa shape index (κ1) is 15.2. The van der Waals surface area contributed by atoms with E-state index in [0.717, 1.165) is 51.5 Å². The zero-order valence-electron chi connectivity index (χ0n) is 14.1. The third kappa shape index (κ3) is 2.31. The Hall–Kier alpha value is -1.39. The maximum absolute atomic E-state index is 12.2. The second-order valence-corrected chi connectivity index (χ2v) is 7.81. The molecule has 0 radical (unpaired) electrons. The van der Waals surface area contributed by atoms with Crippen molar-refractivity contribution in [3.63, 3.8) is 0 Å². The van der Waals surface area contributed by atoms with Crippen LogP contribution in [0.25, 0.3) is 0 Å². The standard InChI is InChI=1S/C18H27N3O2/c1-23-16(22)18-10-7-17(8-11-18,9-12-18)15-20-19-14-6-4-2-3-5-13-21(14)15/h2-13H2,1H3. The monoisotopic (exact) mass is 317 g/mol. The highest BCUT2D eigenvalue weighted by Crippen LogP contribution is 2.57. The van der Waals surface area contributed by atoms with Crippen LogP contribution >= 0.6 is 0 Å². The molecule has 5 rings (SSSR count). The lowest BCUT2D eigenvalue weighted by Crippen LogP contribution is -2.49. The number of methoxy groups -OCH3 is 1. The van der Waals surface area contributed by atoms with Crippen LogP contribution in [0.15, 0.2) is 0 Å². The van der Waals surface area contributed by atoms with E-state index in [1.54, 1.807) is 0 Å². The van der Waals surface area contributed by atoms with Crippen molar-refractivity contribution in [2.45, 2.75) is 82.6 Å². The van der Waals surface area contributed by atoms with E-state index in [9.17, 15) is 4.79 Å². The molecule has 1 aliphatic heterocycles. The summed E-state index contributed by atoms with van der Waals surface area (Å²) in [6.45, 7) is 1.07. The molecule has 23 heavy (non-hydrogen) atoms. The van der Waals surface area contributed by atoms with Gasteiger partial charge in [0.15, 0.2) is 0 Å². The van der Waals surface area contributed by atoms with Gasteiger partial charge in [0.2, 0.25) is 0 Å². The number of carbonyl (C=O) groups is 1. The molecule has 0 spiro atoms. The van der Waals surface area contributed by atoms with E-state index in [1.165, 1.54) is 44.4 Å². The fraction of sp³-hybridized carbons (Fsp3) is 0.833. The number of rotatable bonds is 2. The first-order chi connectivity index (χ1) is 11.2. The number of hydrogen-bond donors (Lipinski definition) is 0. The van der Waals surface area contributed by atoms with Crippen LogP contribution < -0.4 is 0 Å². The first-order valence-electron chi connectivity index (χ1n) is 9.20. The van der Waals surface area contributed by atoms with E-state index < -0.39 is 0 Å². The number of aryl methyl sites for hydroxylation is 1. The Balaban J connectivity index is 1.62. The number of esters is 1. The average Bonchev–Trinajstić information content (AvgIpc) is 2.98. The predicted molar refractivity (Wildman–Crippen MR) is 86.0 cm³/mol. The van der Waals surface area contributed by atoms with Crippen LogP contribution in [0, 0.1) is 5.41 Å². The van der Waals surface area contributed by atoms with Crippen molar-refractivity contribution < 1.29 is 9.53 Å². The number of aromatic nitrogens is 3. The molecule has 2 bridgehead atoms. The minimum Gasteiger partial charge on any atom is -0.469 e. The summed E-state index contributed by atoms with van der Waals surface area (Å²) < 4.78 is 7.51. The average molecular weight is 317 g/mol. The molecular formula is C18H27N3O2. The summed E-state index contributed by atoms with van der Waals surface area (Å²) >= 11 is 0. The van der Waals surface area contributed by atoms with Crippen LogP contribution in [0.3, 0.4) is 0 Å². The largest absolute Gasteiger partial charge is 0.469 e. The van der Waals surface area contributed by atoms with Crippen molar-refractivity contribution in [2.75, 3.05) is 7.11 Å². The van der Waals surface area contributed by atoms with Crippen LogP contribution in [0.4, 0.5) is 0 Å². The van der Waals surface area contributed by atoms with Gasteiger partial charge in [0, 0.05) is 18.4 Å². The van der Waals surface area contributed by atoms with Crippen LogP contribution in [0.2, 0.25) is 0 Å². The van der Waals surface area contributed by atoms with E-state index in [2.05, 4.69) is 14.8 Å². The Morgan fingerprint density at radius 2 is 1.70 bits per heavy atom. The number of nitrogens with zero attached hydrogens (tertiary/aromatic N) is 3. The molecule has 0 amide bonds. The molecule has 0 saturated heterocycles. The molecule has 4 aliphatic rings. The van der Waals surface area contributed by atoms with E-state index in [4.69, 9.17) is 4.74 Å². The van der Waals surface area contributed by atoms with Crippen molar-refractivity contribution in [1.82, 2.24) is 14.8 Å². The molecule has 3 fully saturated rings. The van der Waals surface area contributed by atoms with Crippen molar-refractivity contribution in [3.8, 4) is 0 Å². The Kier molecular flexibility index (Phi) is 3.69. The fourth-order valence-corrected chi connectivity index (χ4v) is 5.10. The van der Waals surface area contributed by atoms with E-state index in [-0.39, 0.29) is 16.8 Å². The third-order valence-electron chi connectivity index (χ3n) is 6.70. The Morgan fingerprint density at radius 1 is 1.00 bits per heavy atom. The molecule has 0 N–H and O–H groups in total. The lowest BCUT2D eigenvalue weighted by molar-refractivity contribution is -0.160. The van der Waals surface area contributed by atoms with Crippen LogP contribution in [0.1, 0.15) is 75.9 Å². The molecule has 0 unspecified atom stereocenters. The van der Waals surface area contributed by atoms with Gasteiger partial charge in [0.05, 0.1) is 12.5 Å². The SMILES string of the molecule is COC(=O)C12CCC(c3nnc4n3CCCCCC4)(CC1)CC2. The minimum atomic E-state index is -0.213. The van der Waals surface area contributed by atoms with Crippen LogP contribution in [0.5, 0.6) is 0 Å². The molecular weight excluding hydrogens is 290 g/mol. The van der Waals surface area contributed by atoms with Gasteiger partial charge >= 0.3 is 5.97 Å². The summed E-state index contributed by atoms with van der Waals surface area (Å²) in [5.41, 5.74) is -0.0597. The molecule has 3 aliphatic carbocycles. The number of ether oxygens (including phenoxy) is 1. The Bertz CT molecular complexity index is 583. The van der Waals surface area contributed by atoms with Crippen molar-refractivity contribution in [3.05, 3.63) is 11.6 Å². The number of hydrogen-bond acceptors (Lipinski definition) is 4. The molecule has 3 saturated carbocycles. The van der Waals surface area contributed by atoms with Gasteiger partial charge in [0.1, 0.15) is 11.6 Å². The van der Waals surface area contributed by atoms with Gasteiger partial charge in [-0.05, 0) is 51.4 Å². The van der Waals surface area contributed by atoms with Crippen molar-refractivity contribution in [1.29, 1.82) is 0 Å². The quantitative estimate of drug-likeness (QED) is 0.786. The summed E-state index contributed by atoms with van der Waals surface area (Å²) in [7, 11) is 1.52. The zero-order chi connectivity index (χ0) is 15.9. The topological polar surface area (TPSA) is 57.0 Å². The summed E-state index contributed by atoms with van der Waals surface area (Å²) in [5.74, 6) is 2.40. The van der Waals surface area contributed by atoms with Gasteiger partial charge < -0.3 is 9.30 Å². The smallest absolute Gasteiger partial charge is 0.311 e. The maximum Gasteiger partial charge on any atom is 0.311 e. The highest BCUT2D eigenvalue weighted by molar-refractivity contribution is 5.77. The molecule has 5 nitrogen and oxygen atoms in total. The molecule has 5 heteroatoms. The first-order valence-corrected chi connectivity index (χ1v) is 9.20. The number of carbonyl (C=O) groups excluding carboxylic acids is 1. The lowest BCUT2D eigenvalue weighted by Gasteiger charge is -2.51. The van der Waals surface area contributed by atoms with E-state index in [1.807, 2.05) is 0 Å². The number of fused-ring (bicyclic) bond motifs is 4. The normalized spacial score (nSPS) is 33.6. The summed E-state index contributed by atoms with van der Waals surface area (Å²) in [4.78, 5) is 12.2. The van der Waals surface area contributed by atoms with Crippen LogP contribution in [-0.2, 0) is 27.9 Å². The highest BCUT2D eigenvalue weighted by atomic mass is 16.5. The second kappa shape index (κ2) is 5.60. The van der Waals surface area contributed by atoms with Gasteiger partial charge in [-0.2, -0.15) is 0 Å². The third-order valence-corrected chi connectivity index (χ3v) is 6.70. The van der Waals surface area contributed by atoms with Crippen molar-refractivity contribution >= 4 is 5.97 Å². The predicted octanol–water partition coefficient (Wildman–Crippen LogP) is 3.16. The minimum absolute atomic E-state index is 0.00219. The lowest BCUT2D eigenvalue weighted by atomic mass is 9.53. The van der Waals surface area contributed by atoms with Crippen LogP contribution in [-0.4, -0.2) is 27.8 Å². The second-order valence-electron chi connectivity index (χ2n) is 7.81. The summed E-state index contributed by atoms with van der Waals surface area (Å²) in [6, 6.07) is 0. The summed E-state index contributed by atoms with van der Waals surface area (Å²) in [5, 5.41) is 9.19. The van der Waals surface area contributed by atoms with Gasteiger partial charge in [-0.15, -0.1) is 10.2 Å². The van der Waals surface area contributed by atoms with Gasteiger partial charge in [0.25, 0.3) is 0 Å². The molecule has 0 atom stereocenters. The summed E-state index contributed by atoms with van der Waals surface area (Å²) in [6.07, 6.45) is 12.2. The molecule has 1 aromatic rings. The van der Waals surface area contributed by atoms with Gasteiger partial charge in [-0.1, -0.05) is 12.8 Å². The highest BCUT2D eigenvalue weighted by Gasteiger charge is 2.55. The van der Waals surface area contributed by atoms with Gasteiger partial charge in [-0.3, -0.25) is 4.79 Å². The molecule has 0 aromatic carbocycles. The Morgan fingerprint density at radius 3 is 2.39 bits per heavy atom.